The Morgan fingerprint density at radius 2 is 2.29 bits per heavy atom. The fourth-order valence-electron chi connectivity index (χ4n) is 2.16. The molecule has 17 heavy (non-hydrogen) atoms. The molecule has 1 unspecified atom stereocenters. The normalized spacial score (nSPS) is 20.1. The van der Waals surface area contributed by atoms with Gasteiger partial charge in [0.05, 0.1) is 0 Å². The zero-order chi connectivity index (χ0) is 12.3. The Kier molecular flexibility index (Phi) is 3.94. The average molecular weight is 252 g/mol. The smallest absolute Gasteiger partial charge is 0.173 e. The molecule has 1 aromatic carbocycles. The van der Waals surface area contributed by atoms with Crippen molar-refractivity contribution in [2.24, 2.45) is 0 Å². The van der Waals surface area contributed by atoms with Gasteiger partial charge in [0.25, 0.3) is 0 Å². The van der Waals surface area contributed by atoms with Gasteiger partial charge in [0.15, 0.2) is 5.11 Å². The zero-order valence-electron chi connectivity index (χ0n) is 9.95. The van der Waals surface area contributed by atoms with E-state index < -0.39 is 0 Å². The van der Waals surface area contributed by atoms with Crippen LogP contribution in [0.2, 0.25) is 0 Å². The predicted molar refractivity (Wildman–Crippen MR) is 72.6 cm³/mol. The van der Waals surface area contributed by atoms with Crippen molar-refractivity contribution in [3.8, 4) is 0 Å². The maximum absolute atomic E-state index is 13.0. The first-order valence-corrected chi connectivity index (χ1v) is 6.41. The van der Waals surface area contributed by atoms with Crippen LogP contribution in [-0.2, 0) is 0 Å². The fraction of sp³-hybridized carbons (Fsp3) is 0.462. The lowest BCUT2D eigenvalue weighted by Gasteiger charge is -2.35. The lowest BCUT2D eigenvalue weighted by Crippen LogP contribution is -2.44. The van der Waals surface area contributed by atoms with Gasteiger partial charge in [0, 0.05) is 18.3 Å². The van der Waals surface area contributed by atoms with E-state index >= 15 is 0 Å². The number of nitrogens with zero attached hydrogens (tertiary/aromatic N) is 1. The highest BCUT2D eigenvalue weighted by molar-refractivity contribution is 7.80. The van der Waals surface area contributed by atoms with Gasteiger partial charge in [-0.1, -0.05) is 6.07 Å². The molecule has 1 atom stereocenters. The molecule has 0 amide bonds. The molecule has 0 aromatic heterocycles. The molecule has 0 aliphatic carbocycles. The lowest BCUT2D eigenvalue weighted by atomic mass is 10.0. The van der Waals surface area contributed by atoms with Crippen LogP contribution in [0.25, 0.3) is 0 Å². The third-order valence-electron chi connectivity index (χ3n) is 3.14. The minimum absolute atomic E-state index is 0.246. The van der Waals surface area contributed by atoms with Crippen LogP contribution in [0.1, 0.15) is 26.2 Å². The van der Waals surface area contributed by atoms with Gasteiger partial charge >= 0.3 is 0 Å². The van der Waals surface area contributed by atoms with Crippen molar-refractivity contribution >= 4 is 23.0 Å². The molecule has 0 bridgehead atoms. The topological polar surface area (TPSA) is 15.3 Å². The molecule has 0 spiro atoms. The monoisotopic (exact) mass is 252 g/mol. The maximum atomic E-state index is 13.0. The zero-order valence-corrected chi connectivity index (χ0v) is 10.8. The molecule has 1 heterocycles. The number of nitrogens with one attached hydrogen (secondary N) is 1. The van der Waals surface area contributed by atoms with Crippen LogP contribution in [0.5, 0.6) is 0 Å². The van der Waals surface area contributed by atoms with Crippen molar-refractivity contribution in [1.82, 2.24) is 4.90 Å². The minimum atomic E-state index is -0.246. The van der Waals surface area contributed by atoms with Crippen molar-refractivity contribution in [3.05, 3.63) is 30.1 Å². The minimum Gasteiger partial charge on any atom is -0.346 e. The third kappa shape index (κ3) is 3.16. The average Bonchev–Trinajstić information content (AvgIpc) is 2.29. The van der Waals surface area contributed by atoms with Crippen molar-refractivity contribution in [3.63, 3.8) is 0 Å². The number of thiocarbonyl (C=S) groups is 1. The largest absolute Gasteiger partial charge is 0.346 e. The first-order chi connectivity index (χ1) is 8.16. The number of hydrogen-bond donors (Lipinski definition) is 1. The van der Waals surface area contributed by atoms with Crippen LogP contribution in [0, 0.1) is 5.82 Å². The van der Waals surface area contributed by atoms with Gasteiger partial charge in [0.1, 0.15) is 5.82 Å². The summed E-state index contributed by atoms with van der Waals surface area (Å²) >= 11 is 5.37. The highest BCUT2D eigenvalue weighted by atomic mass is 32.1. The predicted octanol–water partition coefficient (Wildman–Crippen LogP) is 3.40. The molecule has 1 aliphatic heterocycles. The Morgan fingerprint density at radius 1 is 1.47 bits per heavy atom. The second-order valence-corrected chi connectivity index (χ2v) is 4.87. The van der Waals surface area contributed by atoms with Crippen molar-refractivity contribution in [2.75, 3.05) is 11.9 Å². The molecule has 2 rings (SSSR count). The van der Waals surface area contributed by atoms with Gasteiger partial charge in [0.2, 0.25) is 0 Å². The van der Waals surface area contributed by atoms with Gasteiger partial charge in [-0.15, -0.1) is 0 Å². The van der Waals surface area contributed by atoms with Gasteiger partial charge in [-0.25, -0.2) is 4.39 Å². The number of likely N-dealkylation sites (tertiary alicyclic amines) is 1. The Hall–Kier alpha value is -1.16. The molecule has 1 aliphatic rings. The van der Waals surface area contributed by atoms with Crippen LogP contribution in [0.4, 0.5) is 10.1 Å². The summed E-state index contributed by atoms with van der Waals surface area (Å²) in [5.41, 5.74) is 0.716. The van der Waals surface area contributed by atoms with E-state index in [0.717, 1.165) is 6.54 Å². The Balaban J connectivity index is 2.01. The summed E-state index contributed by atoms with van der Waals surface area (Å²) in [5, 5.41) is 3.80. The standard InChI is InChI=1S/C13H17FN2S/c1-10-5-2-3-8-16(10)13(17)15-12-7-4-6-11(14)9-12/h4,6-7,9-10H,2-3,5,8H2,1H3,(H,15,17). The summed E-state index contributed by atoms with van der Waals surface area (Å²) in [6, 6.07) is 6.86. The Morgan fingerprint density at radius 3 is 3.00 bits per heavy atom. The van der Waals surface area contributed by atoms with Crippen molar-refractivity contribution < 1.29 is 4.39 Å². The summed E-state index contributed by atoms with van der Waals surface area (Å²) in [6.07, 6.45) is 3.61. The van der Waals surface area contributed by atoms with E-state index in [1.165, 1.54) is 31.4 Å². The molecule has 92 valence electrons. The first-order valence-electron chi connectivity index (χ1n) is 6.00. The molecule has 2 nitrogen and oxygen atoms in total. The van der Waals surface area contributed by atoms with Crippen LogP contribution in [0.15, 0.2) is 24.3 Å². The molecule has 0 saturated carbocycles. The first kappa shape index (κ1) is 12.3. The highest BCUT2D eigenvalue weighted by Crippen LogP contribution is 2.18. The Bertz CT molecular complexity index is 408. The van der Waals surface area contributed by atoms with E-state index in [4.69, 9.17) is 12.2 Å². The number of rotatable bonds is 1. The summed E-state index contributed by atoms with van der Waals surface area (Å²) in [7, 11) is 0. The lowest BCUT2D eigenvalue weighted by molar-refractivity contribution is 0.262. The van der Waals surface area contributed by atoms with Crippen molar-refractivity contribution in [2.45, 2.75) is 32.2 Å². The number of piperidine rings is 1. The van der Waals surface area contributed by atoms with E-state index in [9.17, 15) is 4.39 Å². The van der Waals surface area contributed by atoms with Gasteiger partial charge in [-0.2, -0.15) is 0 Å². The molecular weight excluding hydrogens is 235 g/mol. The van der Waals surface area contributed by atoms with Gasteiger partial charge < -0.3 is 10.2 Å². The van der Waals surface area contributed by atoms with Gasteiger partial charge in [-0.05, 0) is 56.6 Å². The molecule has 1 saturated heterocycles. The fourth-order valence-corrected chi connectivity index (χ4v) is 2.55. The number of halogens is 1. The second-order valence-electron chi connectivity index (χ2n) is 4.48. The van der Waals surface area contributed by atoms with Crippen LogP contribution >= 0.6 is 12.2 Å². The summed E-state index contributed by atoms with van der Waals surface area (Å²) in [6.45, 7) is 3.17. The quantitative estimate of drug-likeness (QED) is 0.771. The molecule has 0 radical (unpaired) electrons. The van der Waals surface area contributed by atoms with E-state index in [0.29, 0.717) is 16.8 Å². The molecule has 1 aromatic rings. The number of benzene rings is 1. The van der Waals surface area contributed by atoms with E-state index in [1.54, 1.807) is 6.07 Å². The van der Waals surface area contributed by atoms with Crippen molar-refractivity contribution in [1.29, 1.82) is 0 Å². The second kappa shape index (κ2) is 5.45. The van der Waals surface area contributed by atoms with Crippen LogP contribution in [0.3, 0.4) is 0 Å². The highest BCUT2D eigenvalue weighted by Gasteiger charge is 2.20. The van der Waals surface area contributed by atoms with Gasteiger partial charge in [-0.3, -0.25) is 0 Å². The SMILES string of the molecule is CC1CCCCN1C(=S)Nc1cccc(F)c1. The maximum Gasteiger partial charge on any atom is 0.173 e. The number of anilines is 1. The molecular formula is C13H17FN2S. The summed E-state index contributed by atoms with van der Waals surface area (Å²) in [5.74, 6) is -0.246. The number of hydrogen-bond acceptors (Lipinski definition) is 1. The van der Waals surface area contributed by atoms with Crippen LogP contribution < -0.4 is 5.32 Å². The van der Waals surface area contributed by atoms with E-state index in [1.807, 2.05) is 6.07 Å². The Labute approximate surface area is 107 Å². The summed E-state index contributed by atoms with van der Waals surface area (Å²) < 4.78 is 13.0. The molecule has 1 fully saturated rings. The molecule has 1 N–H and O–H groups in total. The molecule has 4 heteroatoms. The van der Waals surface area contributed by atoms with E-state index in [2.05, 4.69) is 17.1 Å². The summed E-state index contributed by atoms with van der Waals surface area (Å²) in [4.78, 5) is 2.18. The van der Waals surface area contributed by atoms with E-state index in [-0.39, 0.29) is 5.82 Å². The van der Waals surface area contributed by atoms with Crippen LogP contribution in [-0.4, -0.2) is 22.6 Å². The third-order valence-corrected chi connectivity index (χ3v) is 3.48.